The average Bonchev–Trinajstić information content (AvgIpc) is 2.29. The Morgan fingerprint density at radius 3 is 1.86 bits per heavy atom. The van der Waals surface area contributed by atoms with Gasteiger partial charge in [0.1, 0.15) is 0 Å². The molecule has 0 spiro atoms. The van der Waals surface area contributed by atoms with Crippen LogP contribution in [-0.2, 0) is 19.0 Å². The molecule has 1 unspecified atom stereocenters. The lowest BCUT2D eigenvalue weighted by atomic mass is 9.90. The first-order valence-corrected chi connectivity index (χ1v) is 7.76. The van der Waals surface area contributed by atoms with Gasteiger partial charge in [0.15, 0.2) is 0 Å². The molecule has 0 radical (unpaired) electrons. The van der Waals surface area contributed by atoms with E-state index in [2.05, 4.69) is 0 Å². The minimum Gasteiger partial charge on any atom is -0.435 e. The van der Waals surface area contributed by atoms with Crippen molar-refractivity contribution >= 4 is 5.97 Å². The van der Waals surface area contributed by atoms with Crippen molar-refractivity contribution in [1.29, 1.82) is 0 Å². The summed E-state index contributed by atoms with van der Waals surface area (Å²) in [6, 6.07) is 0. The van der Waals surface area contributed by atoms with E-state index < -0.39 is 11.7 Å². The van der Waals surface area contributed by atoms with Crippen molar-refractivity contribution in [3.05, 3.63) is 0 Å². The maximum atomic E-state index is 12.2. The van der Waals surface area contributed by atoms with Gasteiger partial charge in [0.05, 0.1) is 24.2 Å². The van der Waals surface area contributed by atoms with E-state index in [-0.39, 0.29) is 17.0 Å². The van der Waals surface area contributed by atoms with E-state index in [4.69, 9.17) is 14.2 Å². The molecule has 0 amide bonds. The minimum atomic E-state index is -0.570. The standard InChI is InChI=1S/C17H34O4/c1-10-17(8,9)13(18)21-14(15(2,3)4)19-11-12-20-16(5,6)7/h14H,10-12H2,1-9H3. The number of hydrogen-bond donors (Lipinski definition) is 0. The minimum absolute atomic E-state index is 0.193. The van der Waals surface area contributed by atoms with Gasteiger partial charge in [0.2, 0.25) is 6.29 Å². The molecule has 0 fully saturated rings. The molecule has 0 N–H and O–H groups in total. The lowest BCUT2D eigenvalue weighted by molar-refractivity contribution is -0.216. The highest BCUT2D eigenvalue weighted by molar-refractivity contribution is 5.75. The summed E-state index contributed by atoms with van der Waals surface area (Å²) in [6.07, 6.45) is 0.162. The fourth-order valence-corrected chi connectivity index (χ4v) is 1.36. The van der Waals surface area contributed by atoms with Crippen LogP contribution in [0, 0.1) is 10.8 Å². The number of rotatable bonds is 7. The maximum absolute atomic E-state index is 12.2. The van der Waals surface area contributed by atoms with Crippen LogP contribution in [0.2, 0.25) is 0 Å². The van der Waals surface area contributed by atoms with Gasteiger partial charge in [-0.05, 0) is 41.0 Å². The molecule has 0 aromatic rings. The Kier molecular flexibility index (Phi) is 7.37. The van der Waals surface area contributed by atoms with Crippen LogP contribution < -0.4 is 0 Å². The van der Waals surface area contributed by atoms with E-state index in [0.717, 1.165) is 6.42 Å². The maximum Gasteiger partial charge on any atom is 0.313 e. The van der Waals surface area contributed by atoms with Gasteiger partial charge >= 0.3 is 5.97 Å². The molecule has 4 heteroatoms. The molecule has 0 bridgehead atoms. The van der Waals surface area contributed by atoms with Crippen molar-refractivity contribution < 1.29 is 19.0 Å². The molecular formula is C17H34O4. The van der Waals surface area contributed by atoms with Crippen molar-refractivity contribution in [1.82, 2.24) is 0 Å². The zero-order valence-electron chi connectivity index (χ0n) is 15.3. The smallest absolute Gasteiger partial charge is 0.313 e. The molecular weight excluding hydrogens is 268 g/mol. The third-order valence-corrected chi connectivity index (χ3v) is 3.25. The zero-order chi connectivity index (χ0) is 16.9. The summed E-state index contributed by atoms with van der Waals surface area (Å²) in [4.78, 5) is 12.2. The van der Waals surface area contributed by atoms with E-state index in [0.29, 0.717) is 13.2 Å². The molecule has 0 saturated heterocycles. The average molecular weight is 302 g/mol. The molecule has 1 atom stereocenters. The van der Waals surface area contributed by atoms with Crippen molar-refractivity contribution in [2.45, 2.75) is 80.6 Å². The van der Waals surface area contributed by atoms with E-state index in [1.54, 1.807) is 0 Å². The van der Waals surface area contributed by atoms with Gasteiger partial charge in [-0.15, -0.1) is 0 Å². The van der Waals surface area contributed by atoms with E-state index in [9.17, 15) is 4.79 Å². The van der Waals surface area contributed by atoms with Gasteiger partial charge in [0, 0.05) is 5.41 Å². The molecule has 0 aliphatic rings. The topological polar surface area (TPSA) is 44.8 Å². The number of hydrogen-bond acceptors (Lipinski definition) is 4. The van der Waals surface area contributed by atoms with Crippen molar-refractivity contribution in [2.75, 3.05) is 13.2 Å². The Morgan fingerprint density at radius 1 is 0.952 bits per heavy atom. The largest absolute Gasteiger partial charge is 0.435 e. The Bertz CT molecular complexity index is 321. The van der Waals surface area contributed by atoms with E-state index in [1.165, 1.54) is 0 Å². The second-order valence-corrected chi connectivity index (χ2v) is 8.17. The molecule has 0 saturated carbocycles. The molecule has 0 rings (SSSR count). The number of carbonyl (C=O) groups excluding carboxylic acids is 1. The van der Waals surface area contributed by atoms with Crippen molar-refractivity contribution in [3.8, 4) is 0 Å². The second-order valence-electron chi connectivity index (χ2n) is 8.17. The van der Waals surface area contributed by atoms with Gasteiger partial charge in [-0.1, -0.05) is 27.7 Å². The third kappa shape index (κ3) is 8.42. The van der Waals surface area contributed by atoms with Gasteiger partial charge in [0.25, 0.3) is 0 Å². The highest BCUT2D eigenvalue weighted by Crippen LogP contribution is 2.28. The molecule has 0 aliphatic carbocycles. The van der Waals surface area contributed by atoms with Crippen LogP contribution in [0.4, 0.5) is 0 Å². The third-order valence-electron chi connectivity index (χ3n) is 3.25. The summed E-state index contributed by atoms with van der Waals surface area (Å²) in [6.45, 7) is 18.6. The van der Waals surface area contributed by atoms with Crippen LogP contribution in [0.25, 0.3) is 0 Å². The first kappa shape index (κ1) is 20.4. The summed E-state index contributed by atoms with van der Waals surface area (Å²) >= 11 is 0. The molecule has 0 aromatic carbocycles. The molecule has 126 valence electrons. The summed E-state index contributed by atoms with van der Waals surface area (Å²) in [5, 5.41) is 0. The Labute approximate surface area is 130 Å². The van der Waals surface area contributed by atoms with Crippen LogP contribution in [-0.4, -0.2) is 31.1 Å². The van der Waals surface area contributed by atoms with Crippen molar-refractivity contribution in [2.24, 2.45) is 10.8 Å². The van der Waals surface area contributed by atoms with Crippen LogP contribution in [0.5, 0.6) is 0 Å². The molecule has 0 aromatic heterocycles. The zero-order valence-corrected chi connectivity index (χ0v) is 15.3. The number of esters is 1. The fraction of sp³-hybridized carbons (Fsp3) is 0.941. The highest BCUT2D eigenvalue weighted by Gasteiger charge is 2.35. The van der Waals surface area contributed by atoms with Crippen LogP contribution in [0.1, 0.15) is 68.7 Å². The first-order valence-electron chi connectivity index (χ1n) is 7.76. The fourth-order valence-electron chi connectivity index (χ4n) is 1.36. The molecule has 21 heavy (non-hydrogen) atoms. The van der Waals surface area contributed by atoms with Gasteiger partial charge in [-0.3, -0.25) is 4.79 Å². The monoisotopic (exact) mass is 302 g/mol. The summed E-state index contributed by atoms with van der Waals surface area (Å²) < 4.78 is 17.0. The summed E-state index contributed by atoms with van der Waals surface area (Å²) in [5.74, 6) is -0.221. The Hall–Kier alpha value is -0.610. The SMILES string of the molecule is CCC(C)(C)C(=O)OC(OCCOC(C)(C)C)C(C)(C)C. The van der Waals surface area contributed by atoms with Crippen LogP contribution in [0.3, 0.4) is 0 Å². The van der Waals surface area contributed by atoms with E-state index in [1.807, 2.05) is 62.3 Å². The number of ether oxygens (including phenoxy) is 3. The van der Waals surface area contributed by atoms with Crippen LogP contribution in [0.15, 0.2) is 0 Å². The highest BCUT2D eigenvalue weighted by atomic mass is 16.7. The van der Waals surface area contributed by atoms with Crippen LogP contribution >= 0.6 is 0 Å². The van der Waals surface area contributed by atoms with Gasteiger partial charge in [-0.2, -0.15) is 0 Å². The Balaban J connectivity index is 4.53. The second kappa shape index (κ2) is 7.59. The first-order chi connectivity index (χ1) is 9.29. The van der Waals surface area contributed by atoms with Gasteiger partial charge in [-0.25, -0.2) is 0 Å². The molecule has 0 heterocycles. The van der Waals surface area contributed by atoms with Gasteiger partial charge < -0.3 is 14.2 Å². The predicted molar refractivity (Wildman–Crippen MR) is 85.1 cm³/mol. The molecule has 0 aliphatic heterocycles. The Morgan fingerprint density at radius 2 is 1.48 bits per heavy atom. The van der Waals surface area contributed by atoms with Crippen molar-refractivity contribution in [3.63, 3.8) is 0 Å². The molecule has 4 nitrogen and oxygen atoms in total. The summed E-state index contributed by atoms with van der Waals surface area (Å²) in [5.41, 5.74) is -0.961. The lowest BCUT2D eigenvalue weighted by Crippen LogP contribution is -2.39. The normalized spacial score (nSPS) is 14.9. The predicted octanol–water partition coefficient (Wildman–Crippen LogP) is 4.17. The number of carbonyl (C=O) groups is 1. The van der Waals surface area contributed by atoms with E-state index >= 15 is 0 Å². The quantitative estimate of drug-likeness (QED) is 0.402. The lowest BCUT2D eigenvalue weighted by Gasteiger charge is -2.33. The summed E-state index contributed by atoms with van der Waals surface area (Å²) in [7, 11) is 0.